The average Bonchev–Trinajstić information content (AvgIpc) is 2.73. The summed E-state index contributed by atoms with van der Waals surface area (Å²) in [6.45, 7) is 10.9. The highest BCUT2D eigenvalue weighted by atomic mass is 16.6. The number of piperazine rings is 1. The average molecular weight is 282 g/mol. The fourth-order valence-corrected chi connectivity index (χ4v) is 2.01. The molecule has 0 bridgehead atoms. The number of amides is 1. The van der Waals surface area contributed by atoms with Gasteiger partial charge in [0.2, 0.25) is 11.8 Å². The maximum Gasteiger partial charge on any atom is 0.410 e. The number of nitrogens with zero attached hydrogens (tertiary/aromatic N) is 4. The first-order valence-corrected chi connectivity index (χ1v) is 6.83. The van der Waals surface area contributed by atoms with Gasteiger partial charge in [-0.2, -0.15) is 0 Å². The SMILES string of the molecule is Cc1nnc(CN2CCN(C(=O)OC(C)(C)C)CC2)o1. The van der Waals surface area contributed by atoms with Crippen LogP contribution in [-0.4, -0.2) is 57.9 Å². The number of hydrogen-bond donors (Lipinski definition) is 0. The first-order valence-electron chi connectivity index (χ1n) is 6.83. The van der Waals surface area contributed by atoms with Crippen molar-refractivity contribution >= 4 is 6.09 Å². The van der Waals surface area contributed by atoms with Gasteiger partial charge in [0.15, 0.2) is 0 Å². The molecule has 1 fully saturated rings. The lowest BCUT2D eigenvalue weighted by Gasteiger charge is -2.34. The Morgan fingerprint density at radius 1 is 1.25 bits per heavy atom. The van der Waals surface area contributed by atoms with E-state index in [1.165, 1.54) is 0 Å². The molecule has 0 radical (unpaired) electrons. The lowest BCUT2D eigenvalue weighted by molar-refractivity contribution is 0.0133. The van der Waals surface area contributed by atoms with Gasteiger partial charge in [-0.3, -0.25) is 4.90 Å². The molecule has 0 aliphatic carbocycles. The summed E-state index contributed by atoms with van der Waals surface area (Å²) >= 11 is 0. The zero-order valence-corrected chi connectivity index (χ0v) is 12.5. The van der Waals surface area contributed by atoms with Crippen molar-refractivity contribution in [3.8, 4) is 0 Å². The summed E-state index contributed by atoms with van der Waals surface area (Å²) in [7, 11) is 0. The van der Waals surface area contributed by atoms with Crippen LogP contribution in [-0.2, 0) is 11.3 Å². The molecule has 2 rings (SSSR count). The van der Waals surface area contributed by atoms with Crippen molar-refractivity contribution in [2.75, 3.05) is 26.2 Å². The second-order valence-electron chi connectivity index (χ2n) is 5.96. The van der Waals surface area contributed by atoms with Gasteiger partial charge < -0.3 is 14.1 Å². The highest BCUT2D eigenvalue weighted by Gasteiger charge is 2.26. The molecule has 0 atom stereocenters. The van der Waals surface area contributed by atoms with Crippen LogP contribution in [0, 0.1) is 6.92 Å². The minimum Gasteiger partial charge on any atom is -0.444 e. The van der Waals surface area contributed by atoms with Crippen LogP contribution in [0.25, 0.3) is 0 Å². The van der Waals surface area contributed by atoms with Crippen LogP contribution in [0.4, 0.5) is 4.79 Å². The van der Waals surface area contributed by atoms with E-state index < -0.39 is 5.60 Å². The van der Waals surface area contributed by atoms with E-state index in [2.05, 4.69) is 15.1 Å². The molecule has 1 saturated heterocycles. The van der Waals surface area contributed by atoms with Crippen LogP contribution in [0.5, 0.6) is 0 Å². The second-order valence-corrected chi connectivity index (χ2v) is 5.96. The van der Waals surface area contributed by atoms with E-state index in [-0.39, 0.29) is 6.09 Å². The quantitative estimate of drug-likeness (QED) is 0.817. The third-order valence-corrected chi connectivity index (χ3v) is 2.95. The summed E-state index contributed by atoms with van der Waals surface area (Å²) in [5.41, 5.74) is -0.449. The van der Waals surface area contributed by atoms with E-state index in [0.29, 0.717) is 31.4 Å². The minimum absolute atomic E-state index is 0.245. The molecule has 0 saturated carbocycles. The van der Waals surface area contributed by atoms with Gasteiger partial charge in [-0.15, -0.1) is 10.2 Å². The van der Waals surface area contributed by atoms with Gasteiger partial charge in [0, 0.05) is 33.1 Å². The highest BCUT2D eigenvalue weighted by Crippen LogP contribution is 2.13. The Hall–Kier alpha value is -1.63. The van der Waals surface area contributed by atoms with Gasteiger partial charge in [-0.1, -0.05) is 0 Å². The smallest absolute Gasteiger partial charge is 0.410 e. The standard InChI is InChI=1S/C13H22N4O3/c1-10-14-15-11(19-10)9-16-5-7-17(8-6-16)12(18)20-13(2,3)4/h5-9H2,1-4H3. The normalized spacial score (nSPS) is 17.3. The molecular weight excluding hydrogens is 260 g/mol. The number of hydrogen-bond acceptors (Lipinski definition) is 6. The number of rotatable bonds is 2. The van der Waals surface area contributed by atoms with Gasteiger partial charge in [-0.25, -0.2) is 4.79 Å². The second kappa shape index (κ2) is 5.78. The van der Waals surface area contributed by atoms with Crippen LogP contribution in [0.1, 0.15) is 32.6 Å². The molecule has 0 aromatic carbocycles. The first kappa shape index (κ1) is 14.8. The number of carbonyl (C=O) groups excluding carboxylic acids is 1. The molecule has 1 aliphatic heterocycles. The third-order valence-electron chi connectivity index (χ3n) is 2.95. The molecule has 0 N–H and O–H groups in total. The van der Waals surface area contributed by atoms with Gasteiger partial charge in [0.25, 0.3) is 0 Å². The summed E-state index contributed by atoms with van der Waals surface area (Å²) in [6, 6.07) is 0. The molecular formula is C13H22N4O3. The van der Waals surface area contributed by atoms with Gasteiger partial charge in [0.05, 0.1) is 6.54 Å². The Kier molecular flexibility index (Phi) is 4.27. The molecule has 2 heterocycles. The predicted octanol–water partition coefficient (Wildman–Crippen LogP) is 1.43. The summed E-state index contributed by atoms with van der Waals surface area (Å²) in [4.78, 5) is 15.9. The number of ether oxygens (including phenoxy) is 1. The fourth-order valence-electron chi connectivity index (χ4n) is 2.01. The first-order chi connectivity index (χ1) is 9.33. The molecule has 1 amide bonds. The van der Waals surface area contributed by atoms with E-state index in [9.17, 15) is 4.79 Å². The van der Waals surface area contributed by atoms with Crippen LogP contribution in [0.2, 0.25) is 0 Å². The van der Waals surface area contributed by atoms with E-state index in [1.54, 1.807) is 11.8 Å². The van der Waals surface area contributed by atoms with Gasteiger partial charge in [0.1, 0.15) is 5.60 Å². The maximum absolute atomic E-state index is 11.9. The largest absolute Gasteiger partial charge is 0.444 e. The molecule has 1 aromatic heterocycles. The van der Waals surface area contributed by atoms with Crippen molar-refractivity contribution in [3.05, 3.63) is 11.8 Å². The molecule has 7 heteroatoms. The molecule has 1 aromatic rings. The molecule has 20 heavy (non-hydrogen) atoms. The van der Waals surface area contributed by atoms with E-state index >= 15 is 0 Å². The number of aryl methyl sites for hydroxylation is 1. The molecule has 0 unspecified atom stereocenters. The van der Waals surface area contributed by atoms with E-state index in [0.717, 1.165) is 13.1 Å². The van der Waals surface area contributed by atoms with Crippen molar-refractivity contribution in [1.82, 2.24) is 20.0 Å². The van der Waals surface area contributed by atoms with Crippen LogP contribution < -0.4 is 0 Å². The van der Waals surface area contributed by atoms with Gasteiger partial charge in [-0.05, 0) is 20.8 Å². The number of carbonyl (C=O) groups is 1. The van der Waals surface area contributed by atoms with E-state index in [4.69, 9.17) is 9.15 Å². The predicted molar refractivity (Wildman–Crippen MR) is 72.1 cm³/mol. The zero-order valence-electron chi connectivity index (χ0n) is 12.5. The Morgan fingerprint density at radius 3 is 2.40 bits per heavy atom. The summed E-state index contributed by atoms with van der Waals surface area (Å²) < 4.78 is 10.7. The van der Waals surface area contributed by atoms with Crippen LogP contribution in [0.15, 0.2) is 4.42 Å². The lowest BCUT2D eigenvalue weighted by Crippen LogP contribution is -2.49. The van der Waals surface area contributed by atoms with Crippen molar-refractivity contribution in [2.45, 2.75) is 39.8 Å². The van der Waals surface area contributed by atoms with Crippen molar-refractivity contribution < 1.29 is 13.9 Å². The Bertz CT molecular complexity index is 458. The van der Waals surface area contributed by atoms with Crippen molar-refractivity contribution in [2.24, 2.45) is 0 Å². The summed E-state index contributed by atoms with van der Waals surface area (Å²) in [6.07, 6.45) is -0.245. The Balaban J connectivity index is 1.79. The summed E-state index contributed by atoms with van der Waals surface area (Å²) in [5, 5.41) is 7.79. The third kappa shape index (κ3) is 4.19. The van der Waals surface area contributed by atoms with Gasteiger partial charge >= 0.3 is 6.09 Å². The zero-order chi connectivity index (χ0) is 14.8. The number of aromatic nitrogens is 2. The molecule has 112 valence electrons. The van der Waals surface area contributed by atoms with E-state index in [1.807, 2.05) is 20.8 Å². The van der Waals surface area contributed by atoms with Crippen molar-refractivity contribution in [3.63, 3.8) is 0 Å². The molecule has 7 nitrogen and oxygen atoms in total. The fraction of sp³-hybridized carbons (Fsp3) is 0.769. The lowest BCUT2D eigenvalue weighted by atomic mass is 10.2. The Morgan fingerprint density at radius 2 is 1.90 bits per heavy atom. The topological polar surface area (TPSA) is 71.7 Å². The van der Waals surface area contributed by atoms with Crippen LogP contribution >= 0.6 is 0 Å². The summed E-state index contributed by atoms with van der Waals surface area (Å²) in [5.74, 6) is 1.20. The minimum atomic E-state index is -0.449. The highest BCUT2D eigenvalue weighted by molar-refractivity contribution is 5.68. The van der Waals surface area contributed by atoms with Crippen LogP contribution in [0.3, 0.4) is 0 Å². The molecule has 0 spiro atoms. The maximum atomic E-state index is 11.9. The molecule has 1 aliphatic rings. The Labute approximate surface area is 118 Å². The monoisotopic (exact) mass is 282 g/mol. The van der Waals surface area contributed by atoms with Crippen molar-refractivity contribution in [1.29, 1.82) is 0 Å².